The van der Waals surface area contributed by atoms with Crippen LogP contribution in [0.25, 0.3) is 0 Å². The number of anilines is 2. The second-order valence-electron chi connectivity index (χ2n) is 7.59. The van der Waals surface area contributed by atoms with Gasteiger partial charge < -0.3 is 21.1 Å². The number of piperidine rings is 1. The Morgan fingerprint density at radius 2 is 2.00 bits per heavy atom. The minimum absolute atomic E-state index is 0.00613. The van der Waals surface area contributed by atoms with Crippen molar-refractivity contribution in [3.8, 4) is 0 Å². The van der Waals surface area contributed by atoms with Crippen molar-refractivity contribution in [1.29, 1.82) is 0 Å². The summed E-state index contributed by atoms with van der Waals surface area (Å²) in [5, 5.41) is 12.6. The Balaban J connectivity index is 1.84. The fourth-order valence-electron chi connectivity index (χ4n) is 3.21. The van der Waals surface area contributed by atoms with Crippen LogP contribution in [0.5, 0.6) is 0 Å². The van der Waals surface area contributed by atoms with Gasteiger partial charge in [-0.1, -0.05) is 0 Å². The number of primary amides is 1. The third kappa shape index (κ3) is 3.42. The first-order valence-corrected chi connectivity index (χ1v) is 8.29. The number of aromatic nitrogens is 1. The van der Waals surface area contributed by atoms with E-state index in [1.165, 1.54) is 12.8 Å². The van der Waals surface area contributed by atoms with Gasteiger partial charge in [-0.25, -0.2) is 4.98 Å². The molecular formula is C17H26N4O2. The quantitative estimate of drug-likeness (QED) is 0.769. The van der Waals surface area contributed by atoms with Crippen molar-refractivity contribution in [1.82, 2.24) is 4.98 Å². The molecule has 0 radical (unpaired) electrons. The number of aliphatic hydroxyl groups is 1. The number of aliphatic hydroxyl groups excluding tert-OH is 1. The van der Waals surface area contributed by atoms with Gasteiger partial charge in [-0.15, -0.1) is 0 Å². The van der Waals surface area contributed by atoms with E-state index in [0.717, 1.165) is 25.9 Å². The van der Waals surface area contributed by atoms with E-state index in [0.29, 0.717) is 22.6 Å². The number of hydrogen-bond acceptors (Lipinski definition) is 5. The average Bonchev–Trinajstić information content (AvgIpc) is 3.26. The number of carbonyl (C=O) groups is 1. The molecule has 1 spiro atoms. The van der Waals surface area contributed by atoms with Gasteiger partial charge in [-0.3, -0.25) is 4.79 Å². The molecule has 1 saturated heterocycles. The standard InChI is InChI=1S/C17H26N4O2/c1-16(2,11-22)20-13-4-3-12(14(18)23)15(19-13)21-9-7-17(5-6-17)8-10-21/h3-4,22H,5-11H2,1-2H3,(H2,18,23)(H,19,20). The molecule has 0 bridgehead atoms. The molecule has 6 heteroatoms. The largest absolute Gasteiger partial charge is 0.394 e. The van der Waals surface area contributed by atoms with Crippen molar-refractivity contribution in [2.24, 2.45) is 11.1 Å². The van der Waals surface area contributed by atoms with Crippen LogP contribution in [0.4, 0.5) is 11.6 Å². The molecule has 1 saturated carbocycles. The summed E-state index contributed by atoms with van der Waals surface area (Å²) in [5.74, 6) is 0.856. The predicted molar refractivity (Wildman–Crippen MR) is 90.7 cm³/mol. The number of nitrogens with zero attached hydrogens (tertiary/aromatic N) is 2. The molecular weight excluding hydrogens is 292 g/mol. The number of nitrogens with one attached hydrogen (secondary N) is 1. The van der Waals surface area contributed by atoms with Crippen LogP contribution in [0.15, 0.2) is 12.1 Å². The first-order valence-electron chi connectivity index (χ1n) is 8.29. The van der Waals surface area contributed by atoms with Gasteiger partial charge in [0.1, 0.15) is 11.6 Å². The molecule has 0 unspecified atom stereocenters. The summed E-state index contributed by atoms with van der Waals surface area (Å²) in [7, 11) is 0. The van der Waals surface area contributed by atoms with Crippen LogP contribution in [0, 0.1) is 5.41 Å². The lowest BCUT2D eigenvalue weighted by molar-refractivity contribution is 0.100. The molecule has 0 aromatic carbocycles. The highest BCUT2D eigenvalue weighted by molar-refractivity contribution is 5.98. The van der Waals surface area contributed by atoms with Gasteiger partial charge in [0, 0.05) is 13.1 Å². The van der Waals surface area contributed by atoms with Crippen LogP contribution in [-0.2, 0) is 0 Å². The Morgan fingerprint density at radius 1 is 1.35 bits per heavy atom. The lowest BCUT2D eigenvalue weighted by atomic mass is 9.93. The number of hydrogen-bond donors (Lipinski definition) is 3. The Morgan fingerprint density at radius 3 is 2.52 bits per heavy atom. The van der Waals surface area contributed by atoms with E-state index in [9.17, 15) is 9.90 Å². The maximum atomic E-state index is 11.8. The van der Waals surface area contributed by atoms with E-state index >= 15 is 0 Å². The van der Waals surface area contributed by atoms with Crippen LogP contribution in [0.3, 0.4) is 0 Å². The van der Waals surface area contributed by atoms with Gasteiger partial charge in [0.25, 0.3) is 5.91 Å². The van der Waals surface area contributed by atoms with E-state index < -0.39 is 11.4 Å². The normalized spacial score (nSPS) is 19.7. The molecule has 1 aromatic rings. The Hall–Kier alpha value is -1.82. The monoisotopic (exact) mass is 318 g/mol. The number of nitrogens with two attached hydrogens (primary N) is 1. The highest BCUT2D eigenvalue weighted by atomic mass is 16.3. The third-order valence-corrected chi connectivity index (χ3v) is 5.08. The second-order valence-corrected chi connectivity index (χ2v) is 7.59. The van der Waals surface area contributed by atoms with Gasteiger partial charge >= 0.3 is 0 Å². The average molecular weight is 318 g/mol. The van der Waals surface area contributed by atoms with E-state index in [2.05, 4.69) is 15.2 Å². The summed E-state index contributed by atoms with van der Waals surface area (Å²) in [6, 6.07) is 3.47. The van der Waals surface area contributed by atoms with Crippen molar-refractivity contribution in [2.45, 2.75) is 45.1 Å². The molecule has 2 fully saturated rings. The molecule has 0 atom stereocenters. The van der Waals surface area contributed by atoms with Crippen LogP contribution in [0.2, 0.25) is 0 Å². The van der Waals surface area contributed by atoms with Gasteiger partial charge in [-0.2, -0.15) is 0 Å². The van der Waals surface area contributed by atoms with Gasteiger partial charge in [-0.05, 0) is 57.1 Å². The predicted octanol–water partition coefficient (Wildman–Crippen LogP) is 1.74. The molecule has 23 heavy (non-hydrogen) atoms. The molecule has 126 valence electrons. The third-order valence-electron chi connectivity index (χ3n) is 5.08. The van der Waals surface area contributed by atoms with Crippen molar-refractivity contribution in [3.05, 3.63) is 17.7 Å². The molecule has 1 aliphatic heterocycles. The minimum atomic E-state index is -0.474. The fraction of sp³-hybridized carbons (Fsp3) is 0.647. The molecule has 1 amide bonds. The molecule has 2 heterocycles. The molecule has 4 N–H and O–H groups in total. The topological polar surface area (TPSA) is 91.5 Å². The number of pyridine rings is 1. The molecule has 6 nitrogen and oxygen atoms in total. The zero-order chi connectivity index (χ0) is 16.7. The van der Waals surface area contributed by atoms with Crippen LogP contribution in [0.1, 0.15) is 49.9 Å². The van der Waals surface area contributed by atoms with E-state index in [-0.39, 0.29) is 6.61 Å². The Labute approximate surface area is 137 Å². The van der Waals surface area contributed by atoms with E-state index in [1.54, 1.807) is 12.1 Å². The highest BCUT2D eigenvalue weighted by Gasteiger charge is 2.44. The van der Waals surface area contributed by atoms with Crippen molar-refractivity contribution >= 4 is 17.5 Å². The first kappa shape index (κ1) is 16.1. The molecule has 3 rings (SSSR count). The van der Waals surface area contributed by atoms with Crippen LogP contribution >= 0.6 is 0 Å². The smallest absolute Gasteiger partial charge is 0.252 e. The highest BCUT2D eigenvalue weighted by Crippen LogP contribution is 2.53. The fourth-order valence-corrected chi connectivity index (χ4v) is 3.21. The van der Waals surface area contributed by atoms with E-state index in [1.807, 2.05) is 13.8 Å². The Bertz CT molecular complexity index is 601. The number of rotatable bonds is 5. The van der Waals surface area contributed by atoms with Gasteiger partial charge in [0.15, 0.2) is 0 Å². The Kier molecular flexibility index (Phi) is 3.96. The summed E-state index contributed by atoms with van der Waals surface area (Å²) in [6.45, 7) is 5.62. The lowest BCUT2D eigenvalue weighted by Crippen LogP contribution is -2.38. The van der Waals surface area contributed by atoms with Gasteiger partial charge in [0.2, 0.25) is 0 Å². The SMILES string of the molecule is CC(C)(CO)Nc1ccc(C(N)=O)c(N2CCC3(CC2)CC3)n1. The summed E-state index contributed by atoms with van der Waals surface area (Å²) in [4.78, 5) is 18.5. The maximum Gasteiger partial charge on any atom is 0.252 e. The van der Waals surface area contributed by atoms with Crippen molar-refractivity contribution < 1.29 is 9.90 Å². The summed E-state index contributed by atoms with van der Waals surface area (Å²) in [6.07, 6.45) is 4.99. The van der Waals surface area contributed by atoms with E-state index in [4.69, 9.17) is 5.73 Å². The van der Waals surface area contributed by atoms with Crippen molar-refractivity contribution in [3.63, 3.8) is 0 Å². The zero-order valence-corrected chi connectivity index (χ0v) is 13.9. The molecule has 1 aliphatic carbocycles. The molecule has 1 aromatic heterocycles. The number of carbonyl (C=O) groups excluding carboxylic acids is 1. The van der Waals surface area contributed by atoms with Gasteiger partial charge in [0.05, 0.1) is 17.7 Å². The molecule has 2 aliphatic rings. The van der Waals surface area contributed by atoms with Crippen LogP contribution < -0.4 is 16.0 Å². The minimum Gasteiger partial charge on any atom is -0.394 e. The summed E-state index contributed by atoms with van der Waals surface area (Å²) < 4.78 is 0. The second kappa shape index (κ2) is 5.67. The number of amides is 1. The first-order chi connectivity index (χ1) is 10.8. The van der Waals surface area contributed by atoms with Crippen LogP contribution in [-0.4, -0.2) is 41.2 Å². The summed E-state index contributed by atoms with van der Waals surface area (Å²) >= 11 is 0. The maximum absolute atomic E-state index is 11.8. The van der Waals surface area contributed by atoms with Crippen molar-refractivity contribution in [2.75, 3.05) is 29.9 Å². The summed E-state index contributed by atoms with van der Waals surface area (Å²) in [5.41, 5.74) is 6.08. The zero-order valence-electron chi connectivity index (χ0n) is 13.9. The lowest BCUT2D eigenvalue weighted by Gasteiger charge is -2.34.